The van der Waals surface area contributed by atoms with Crippen molar-refractivity contribution in [1.82, 2.24) is 0 Å². The van der Waals surface area contributed by atoms with Crippen LogP contribution in [0.5, 0.6) is 0 Å². The van der Waals surface area contributed by atoms with E-state index in [2.05, 4.69) is 62.7 Å². The van der Waals surface area contributed by atoms with Crippen molar-refractivity contribution < 1.29 is 14.2 Å². The zero-order chi connectivity index (χ0) is 9.78. The normalized spacial score (nSPS) is 4.77. The summed E-state index contributed by atoms with van der Waals surface area (Å²) < 4.78 is 13.3. The van der Waals surface area contributed by atoms with Crippen LogP contribution in [0.1, 0.15) is 13.8 Å². The van der Waals surface area contributed by atoms with E-state index in [4.69, 9.17) is 0 Å². The summed E-state index contributed by atoms with van der Waals surface area (Å²) in [6.07, 6.45) is 13.0. The predicted molar refractivity (Wildman–Crippen MR) is 45.7 cm³/mol. The van der Waals surface area contributed by atoms with Gasteiger partial charge in [-0.2, -0.15) is 0 Å². The van der Waals surface area contributed by atoms with Crippen LogP contribution < -0.4 is 0 Å². The summed E-state index contributed by atoms with van der Waals surface area (Å²) in [4.78, 5) is 0. The highest BCUT2D eigenvalue weighted by atomic mass is 16.5. The summed E-state index contributed by atoms with van der Waals surface area (Å²) in [7, 11) is 0. The van der Waals surface area contributed by atoms with Crippen molar-refractivity contribution in [3.05, 3.63) is 0 Å². The van der Waals surface area contributed by atoms with Gasteiger partial charge in [0.15, 0.2) is 24.4 Å². The molecule has 0 unspecified atom stereocenters. The van der Waals surface area contributed by atoms with Gasteiger partial charge in [0.05, 0.1) is 0 Å². The Morgan fingerprint density at radius 2 is 0.846 bits per heavy atom. The Morgan fingerprint density at radius 3 is 1.15 bits per heavy atom. The molecule has 0 aromatic rings. The van der Waals surface area contributed by atoms with Crippen molar-refractivity contribution in [2.75, 3.05) is 0 Å². The van der Waals surface area contributed by atoms with Crippen LogP contribution in [0.25, 0.3) is 0 Å². The van der Waals surface area contributed by atoms with E-state index in [1.54, 1.807) is 13.8 Å². The van der Waals surface area contributed by atoms with Gasteiger partial charge in [-0.05, 0) is 0 Å². The minimum absolute atomic E-state index is 1.62. The smallest absolute Gasteiger partial charge is 0.175 e. The Bertz CT molecular complexity index is 327. The number of hydrogen-bond donors (Lipinski definition) is 0. The number of ether oxygens (including phenoxy) is 3. The van der Waals surface area contributed by atoms with Gasteiger partial charge < -0.3 is 14.2 Å². The van der Waals surface area contributed by atoms with Gasteiger partial charge in [0.2, 0.25) is 0 Å². The van der Waals surface area contributed by atoms with E-state index in [1.165, 1.54) is 0 Å². The lowest BCUT2D eigenvalue weighted by Crippen LogP contribution is -1.71. The second-order valence-corrected chi connectivity index (χ2v) is 1.42. The van der Waals surface area contributed by atoms with E-state index in [-0.39, 0.29) is 0 Å². The average molecular weight is 174 g/mol. The topological polar surface area (TPSA) is 27.7 Å². The van der Waals surface area contributed by atoms with E-state index >= 15 is 0 Å². The second kappa shape index (κ2) is 9.64. The zero-order valence-electron chi connectivity index (χ0n) is 7.22. The Morgan fingerprint density at radius 1 is 0.538 bits per heavy atom. The molecule has 0 spiro atoms. The molecule has 0 amide bonds. The highest BCUT2D eigenvalue weighted by molar-refractivity contribution is 4.97. The van der Waals surface area contributed by atoms with Crippen molar-refractivity contribution in [3.63, 3.8) is 0 Å². The van der Waals surface area contributed by atoms with Crippen LogP contribution in [-0.4, -0.2) is 0 Å². The lowest BCUT2D eigenvalue weighted by molar-refractivity contribution is 0.421. The Kier molecular flexibility index (Phi) is 7.89. The molecule has 0 heterocycles. The van der Waals surface area contributed by atoms with Gasteiger partial charge in [-0.25, -0.2) is 0 Å². The molecule has 0 fully saturated rings. The molecule has 0 aliphatic carbocycles. The SMILES string of the molecule is CC#COC#COC#COC#CC. The molecule has 0 aromatic heterocycles. The summed E-state index contributed by atoms with van der Waals surface area (Å²) in [5.74, 6) is 4.95. The van der Waals surface area contributed by atoms with Crippen LogP contribution in [0.2, 0.25) is 0 Å². The van der Waals surface area contributed by atoms with Crippen LogP contribution in [0.3, 0.4) is 0 Å². The van der Waals surface area contributed by atoms with E-state index in [9.17, 15) is 0 Å². The van der Waals surface area contributed by atoms with Crippen molar-refractivity contribution >= 4 is 0 Å². The fourth-order valence-electron chi connectivity index (χ4n) is 0.262. The Balaban J connectivity index is 3.57. The average Bonchev–Trinajstić information content (AvgIpc) is 2.16. The van der Waals surface area contributed by atoms with Crippen molar-refractivity contribution in [1.29, 1.82) is 0 Å². The molecule has 0 saturated carbocycles. The molecule has 0 bridgehead atoms. The van der Waals surface area contributed by atoms with Crippen LogP contribution in [-0.2, 0) is 14.2 Å². The fourth-order valence-corrected chi connectivity index (χ4v) is 0.262. The predicted octanol–water partition coefficient (Wildman–Crippen LogP) is 0.835. The minimum atomic E-state index is 1.62. The maximum atomic E-state index is 4.43. The van der Waals surface area contributed by atoms with Gasteiger partial charge >= 0.3 is 0 Å². The number of rotatable bonds is 0. The van der Waals surface area contributed by atoms with Crippen LogP contribution >= 0.6 is 0 Å². The monoisotopic (exact) mass is 174 g/mol. The Hall–Kier alpha value is -2.36. The minimum Gasteiger partial charge on any atom is -0.353 e. The molecule has 0 radical (unpaired) electrons. The van der Waals surface area contributed by atoms with Crippen molar-refractivity contribution in [3.8, 4) is 48.5 Å². The fraction of sp³-hybridized carbons (Fsp3) is 0.200. The highest BCUT2D eigenvalue weighted by Crippen LogP contribution is 1.67. The first kappa shape index (κ1) is 10.6. The molecular weight excluding hydrogens is 168 g/mol. The summed E-state index contributed by atoms with van der Waals surface area (Å²) >= 11 is 0. The van der Waals surface area contributed by atoms with Crippen LogP contribution in [0.15, 0.2) is 0 Å². The van der Waals surface area contributed by atoms with Gasteiger partial charge in [0.25, 0.3) is 0 Å². The van der Waals surface area contributed by atoms with E-state index in [0.717, 1.165) is 0 Å². The second-order valence-electron chi connectivity index (χ2n) is 1.42. The third-order valence-corrected chi connectivity index (χ3v) is 0.594. The molecule has 3 nitrogen and oxygen atoms in total. The van der Waals surface area contributed by atoms with E-state index in [1.807, 2.05) is 0 Å². The maximum absolute atomic E-state index is 4.43. The summed E-state index contributed by atoms with van der Waals surface area (Å²) in [5, 5.41) is 0. The van der Waals surface area contributed by atoms with Gasteiger partial charge in [0, 0.05) is 13.8 Å². The van der Waals surface area contributed by atoms with Gasteiger partial charge in [-0.1, -0.05) is 11.8 Å². The third kappa shape index (κ3) is 9.64. The largest absolute Gasteiger partial charge is 0.353 e. The molecule has 0 N–H and O–H groups in total. The molecule has 0 aromatic carbocycles. The first-order chi connectivity index (χ1) is 6.41. The molecule has 0 rings (SSSR count). The summed E-state index contributed by atoms with van der Waals surface area (Å²) in [6.45, 7) is 3.25. The first-order valence-corrected chi connectivity index (χ1v) is 3.22. The van der Waals surface area contributed by atoms with Gasteiger partial charge in [-0.15, -0.1) is 0 Å². The molecule has 0 aliphatic rings. The number of hydrogen-bond acceptors (Lipinski definition) is 3. The third-order valence-electron chi connectivity index (χ3n) is 0.594. The van der Waals surface area contributed by atoms with Crippen molar-refractivity contribution in [2.45, 2.75) is 13.8 Å². The molecule has 64 valence electrons. The van der Waals surface area contributed by atoms with E-state index < -0.39 is 0 Å². The first-order valence-electron chi connectivity index (χ1n) is 3.22. The molecule has 13 heavy (non-hydrogen) atoms. The molecule has 0 aliphatic heterocycles. The lowest BCUT2D eigenvalue weighted by atomic mass is 10.8. The maximum Gasteiger partial charge on any atom is 0.175 e. The molecular formula is C10H6O3. The summed E-state index contributed by atoms with van der Waals surface area (Å²) in [5.41, 5.74) is 0. The standard InChI is InChI=1S/C10H6O3/c1-3-5-11-7-9-13-10-8-12-6-4-2/h1-2H3. The molecule has 0 saturated heterocycles. The van der Waals surface area contributed by atoms with Crippen molar-refractivity contribution in [2.24, 2.45) is 0 Å². The van der Waals surface area contributed by atoms with E-state index in [0.29, 0.717) is 0 Å². The quantitative estimate of drug-likeness (QED) is 0.509. The molecule has 0 atom stereocenters. The highest BCUT2D eigenvalue weighted by Gasteiger charge is 1.67. The Labute approximate surface area is 77.4 Å². The van der Waals surface area contributed by atoms with Crippen LogP contribution in [0, 0.1) is 48.5 Å². The van der Waals surface area contributed by atoms with Gasteiger partial charge in [-0.3, -0.25) is 0 Å². The molecule has 3 heteroatoms. The summed E-state index contributed by atoms with van der Waals surface area (Å²) in [6, 6.07) is 0. The van der Waals surface area contributed by atoms with Crippen LogP contribution in [0.4, 0.5) is 0 Å². The lowest BCUT2D eigenvalue weighted by Gasteiger charge is -1.76. The van der Waals surface area contributed by atoms with Gasteiger partial charge in [0.1, 0.15) is 12.2 Å². The zero-order valence-corrected chi connectivity index (χ0v) is 7.22.